The summed E-state index contributed by atoms with van der Waals surface area (Å²) in [5.41, 5.74) is 5.28. The van der Waals surface area contributed by atoms with Gasteiger partial charge in [0.15, 0.2) is 0 Å². The number of hydrogen-bond acceptors (Lipinski definition) is 2. The number of rotatable bonds is 6. The molecule has 2 nitrogen and oxygen atoms in total. The molecule has 1 aromatic carbocycles. The van der Waals surface area contributed by atoms with E-state index in [0.717, 1.165) is 25.7 Å². The molecule has 2 heteroatoms. The fourth-order valence-corrected chi connectivity index (χ4v) is 2.16. The molecule has 0 amide bonds. The van der Waals surface area contributed by atoms with Crippen LogP contribution >= 0.6 is 0 Å². The zero-order valence-electron chi connectivity index (χ0n) is 10.3. The summed E-state index contributed by atoms with van der Waals surface area (Å²) in [7, 11) is 0. The highest BCUT2D eigenvalue weighted by Gasteiger charge is 2.04. The first-order valence-electron chi connectivity index (χ1n) is 5.99. The van der Waals surface area contributed by atoms with Gasteiger partial charge in [-0.2, -0.15) is 0 Å². The third-order valence-corrected chi connectivity index (χ3v) is 2.96. The SMILES string of the molecule is Cc1cc(CCCO)cc(C)c1CCCO. The molecule has 0 aliphatic heterocycles. The monoisotopic (exact) mass is 222 g/mol. The second-order valence-electron chi connectivity index (χ2n) is 4.36. The van der Waals surface area contributed by atoms with E-state index in [2.05, 4.69) is 26.0 Å². The van der Waals surface area contributed by atoms with Crippen molar-refractivity contribution in [3.05, 3.63) is 34.4 Å². The summed E-state index contributed by atoms with van der Waals surface area (Å²) in [5.74, 6) is 0. The van der Waals surface area contributed by atoms with E-state index in [0.29, 0.717) is 0 Å². The molecule has 16 heavy (non-hydrogen) atoms. The molecule has 0 heterocycles. The van der Waals surface area contributed by atoms with Crippen molar-refractivity contribution in [1.29, 1.82) is 0 Å². The number of benzene rings is 1. The van der Waals surface area contributed by atoms with Gasteiger partial charge in [0.05, 0.1) is 0 Å². The fourth-order valence-electron chi connectivity index (χ4n) is 2.16. The first kappa shape index (κ1) is 13.2. The Labute approximate surface area is 97.9 Å². The van der Waals surface area contributed by atoms with Gasteiger partial charge in [0.25, 0.3) is 0 Å². The fraction of sp³-hybridized carbons (Fsp3) is 0.571. The molecule has 0 radical (unpaired) electrons. The van der Waals surface area contributed by atoms with Crippen LogP contribution in [0.2, 0.25) is 0 Å². The minimum atomic E-state index is 0.254. The van der Waals surface area contributed by atoms with E-state index in [-0.39, 0.29) is 13.2 Å². The predicted octanol–water partition coefficient (Wildman–Crippen LogP) is 2.15. The van der Waals surface area contributed by atoms with Gasteiger partial charge in [-0.15, -0.1) is 0 Å². The normalized spacial score (nSPS) is 10.8. The maximum Gasteiger partial charge on any atom is 0.0434 e. The van der Waals surface area contributed by atoms with Crippen LogP contribution in [-0.2, 0) is 12.8 Å². The van der Waals surface area contributed by atoms with Gasteiger partial charge in [0.2, 0.25) is 0 Å². The Kier molecular flexibility index (Phi) is 5.50. The zero-order valence-corrected chi connectivity index (χ0v) is 10.3. The summed E-state index contributed by atoms with van der Waals surface area (Å²) >= 11 is 0. The van der Waals surface area contributed by atoms with Gasteiger partial charge in [-0.1, -0.05) is 12.1 Å². The van der Waals surface area contributed by atoms with Crippen LogP contribution in [0, 0.1) is 13.8 Å². The summed E-state index contributed by atoms with van der Waals surface area (Å²) in [5, 5.41) is 17.7. The highest BCUT2D eigenvalue weighted by Crippen LogP contribution is 2.19. The summed E-state index contributed by atoms with van der Waals surface area (Å²) in [6, 6.07) is 4.41. The molecule has 0 atom stereocenters. The molecular weight excluding hydrogens is 200 g/mol. The van der Waals surface area contributed by atoms with Crippen molar-refractivity contribution >= 4 is 0 Å². The highest BCUT2D eigenvalue weighted by atomic mass is 16.3. The Morgan fingerprint density at radius 3 is 1.88 bits per heavy atom. The van der Waals surface area contributed by atoms with E-state index in [1.807, 2.05) is 0 Å². The summed E-state index contributed by atoms with van der Waals surface area (Å²) < 4.78 is 0. The van der Waals surface area contributed by atoms with Crippen molar-refractivity contribution < 1.29 is 10.2 Å². The third kappa shape index (κ3) is 3.62. The van der Waals surface area contributed by atoms with Crippen molar-refractivity contribution in [2.75, 3.05) is 13.2 Å². The first-order chi connectivity index (χ1) is 7.69. The van der Waals surface area contributed by atoms with Gasteiger partial charge in [-0.3, -0.25) is 0 Å². The third-order valence-electron chi connectivity index (χ3n) is 2.96. The van der Waals surface area contributed by atoms with Gasteiger partial charge in [-0.05, 0) is 61.8 Å². The molecule has 1 rings (SSSR count). The summed E-state index contributed by atoms with van der Waals surface area (Å²) in [6.45, 7) is 4.76. The Hall–Kier alpha value is -0.860. The minimum absolute atomic E-state index is 0.254. The molecule has 2 N–H and O–H groups in total. The Morgan fingerprint density at radius 2 is 1.38 bits per heavy atom. The number of aryl methyl sites for hydroxylation is 3. The standard InChI is InChI=1S/C14H22O2/c1-11-9-13(5-3-7-15)10-12(2)14(11)6-4-8-16/h9-10,15-16H,3-8H2,1-2H3. The number of hydrogen-bond donors (Lipinski definition) is 2. The highest BCUT2D eigenvalue weighted by molar-refractivity contribution is 5.38. The van der Waals surface area contributed by atoms with E-state index in [4.69, 9.17) is 10.2 Å². The van der Waals surface area contributed by atoms with E-state index in [9.17, 15) is 0 Å². The van der Waals surface area contributed by atoms with Crippen LogP contribution in [-0.4, -0.2) is 23.4 Å². The Bertz CT molecular complexity index is 309. The van der Waals surface area contributed by atoms with Gasteiger partial charge in [0, 0.05) is 13.2 Å². The quantitative estimate of drug-likeness (QED) is 0.774. The van der Waals surface area contributed by atoms with E-state index in [1.54, 1.807) is 0 Å². The van der Waals surface area contributed by atoms with Gasteiger partial charge in [-0.25, -0.2) is 0 Å². The van der Waals surface area contributed by atoms with Crippen molar-refractivity contribution in [3.8, 4) is 0 Å². The lowest BCUT2D eigenvalue weighted by Crippen LogP contribution is -1.99. The molecule has 1 aromatic rings. The average molecular weight is 222 g/mol. The molecule has 0 spiro atoms. The molecule has 0 aromatic heterocycles. The van der Waals surface area contributed by atoms with Crippen molar-refractivity contribution in [2.45, 2.75) is 39.5 Å². The van der Waals surface area contributed by atoms with E-state index in [1.165, 1.54) is 22.3 Å². The van der Waals surface area contributed by atoms with Crippen LogP contribution < -0.4 is 0 Å². The minimum Gasteiger partial charge on any atom is -0.396 e. The van der Waals surface area contributed by atoms with Crippen LogP contribution in [0.4, 0.5) is 0 Å². The zero-order chi connectivity index (χ0) is 12.0. The lowest BCUT2D eigenvalue weighted by atomic mass is 9.94. The molecule has 0 saturated heterocycles. The average Bonchev–Trinajstić information content (AvgIpc) is 2.25. The van der Waals surface area contributed by atoms with Crippen LogP contribution in [0.5, 0.6) is 0 Å². The van der Waals surface area contributed by atoms with Crippen LogP contribution in [0.25, 0.3) is 0 Å². The molecule has 0 aliphatic rings. The van der Waals surface area contributed by atoms with Crippen LogP contribution in [0.3, 0.4) is 0 Å². The lowest BCUT2D eigenvalue weighted by molar-refractivity contribution is 0.288. The first-order valence-corrected chi connectivity index (χ1v) is 5.99. The smallest absolute Gasteiger partial charge is 0.0434 e. The predicted molar refractivity (Wildman–Crippen MR) is 66.7 cm³/mol. The Morgan fingerprint density at radius 1 is 0.875 bits per heavy atom. The van der Waals surface area contributed by atoms with Gasteiger partial charge < -0.3 is 10.2 Å². The lowest BCUT2D eigenvalue weighted by Gasteiger charge is -2.12. The van der Waals surface area contributed by atoms with Crippen LogP contribution in [0.15, 0.2) is 12.1 Å². The largest absolute Gasteiger partial charge is 0.396 e. The molecule has 0 unspecified atom stereocenters. The van der Waals surface area contributed by atoms with Crippen LogP contribution in [0.1, 0.15) is 35.1 Å². The molecule has 90 valence electrons. The maximum absolute atomic E-state index is 8.85. The van der Waals surface area contributed by atoms with E-state index >= 15 is 0 Å². The Balaban J connectivity index is 2.80. The number of aliphatic hydroxyl groups excluding tert-OH is 2. The van der Waals surface area contributed by atoms with Crippen molar-refractivity contribution in [3.63, 3.8) is 0 Å². The molecule has 0 aliphatic carbocycles. The topological polar surface area (TPSA) is 40.5 Å². The second-order valence-corrected chi connectivity index (χ2v) is 4.36. The van der Waals surface area contributed by atoms with E-state index < -0.39 is 0 Å². The molecule has 0 bridgehead atoms. The van der Waals surface area contributed by atoms with Crippen molar-refractivity contribution in [2.24, 2.45) is 0 Å². The van der Waals surface area contributed by atoms with Crippen molar-refractivity contribution in [1.82, 2.24) is 0 Å². The molecular formula is C14H22O2. The summed E-state index contributed by atoms with van der Waals surface area (Å²) in [4.78, 5) is 0. The second kappa shape index (κ2) is 6.66. The molecule has 0 fully saturated rings. The van der Waals surface area contributed by atoms with Gasteiger partial charge >= 0.3 is 0 Å². The maximum atomic E-state index is 8.85. The number of aliphatic hydroxyl groups is 2. The van der Waals surface area contributed by atoms with Gasteiger partial charge in [0.1, 0.15) is 0 Å². The summed E-state index contributed by atoms with van der Waals surface area (Å²) in [6.07, 6.45) is 3.56. The molecule has 0 saturated carbocycles.